The molecule has 0 bridgehead atoms. The molecule has 4 rings (SSSR count). The Morgan fingerprint density at radius 1 is 1.06 bits per heavy atom. The Hall–Kier alpha value is -2.61. The highest BCUT2D eigenvalue weighted by Gasteiger charge is 2.31. The molecule has 1 amide bonds. The van der Waals surface area contributed by atoms with Gasteiger partial charge in [-0.15, -0.1) is 0 Å². The number of aromatic nitrogens is 1. The lowest BCUT2D eigenvalue weighted by molar-refractivity contribution is 0.0733. The van der Waals surface area contributed by atoms with Gasteiger partial charge >= 0.3 is 0 Å². The number of amides is 1. The van der Waals surface area contributed by atoms with Crippen LogP contribution in [0.1, 0.15) is 34.9 Å². The first-order valence-corrected chi connectivity index (χ1v) is 11.9. The first-order chi connectivity index (χ1) is 14.8. The molecule has 0 spiro atoms. The standard InChI is InChI=1S/C22H19Cl2N3O3S/c23-16-8-11-18(24)21(14-16)31(29,30)26-17-9-6-15(7-10-17)22(28)27-13-3-5-20(27)19-4-1-2-12-25-19/h1-2,4,6-12,14,20,26H,3,5,13H2. The number of nitrogens with zero attached hydrogens (tertiary/aromatic N) is 2. The molecule has 1 aliphatic heterocycles. The summed E-state index contributed by atoms with van der Waals surface area (Å²) >= 11 is 11.9. The SMILES string of the molecule is O=C(c1ccc(NS(=O)(=O)c2cc(Cl)ccc2Cl)cc1)N1CCCC1c1ccccn1. The van der Waals surface area contributed by atoms with Gasteiger partial charge in [-0.3, -0.25) is 14.5 Å². The number of hydrogen-bond acceptors (Lipinski definition) is 4. The number of rotatable bonds is 5. The molecule has 3 aromatic rings. The van der Waals surface area contributed by atoms with Crippen LogP contribution in [0.2, 0.25) is 10.0 Å². The summed E-state index contributed by atoms with van der Waals surface area (Å²) in [6.45, 7) is 0.654. The van der Waals surface area contributed by atoms with Gasteiger partial charge in [-0.05, 0) is 67.4 Å². The largest absolute Gasteiger partial charge is 0.330 e. The third-order valence-corrected chi connectivity index (χ3v) is 7.21. The summed E-state index contributed by atoms with van der Waals surface area (Å²) in [5, 5.41) is 0.331. The van der Waals surface area contributed by atoms with Crippen LogP contribution < -0.4 is 4.72 Å². The minimum Gasteiger partial charge on any atom is -0.330 e. The number of anilines is 1. The van der Waals surface area contributed by atoms with Crippen molar-refractivity contribution < 1.29 is 13.2 Å². The minimum absolute atomic E-state index is 0.0585. The average Bonchev–Trinajstić information content (AvgIpc) is 3.26. The molecule has 0 saturated carbocycles. The van der Waals surface area contributed by atoms with Crippen LogP contribution in [0.15, 0.2) is 71.8 Å². The molecule has 2 heterocycles. The quantitative estimate of drug-likeness (QED) is 0.551. The maximum absolute atomic E-state index is 13.1. The van der Waals surface area contributed by atoms with Gasteiger partial charge in [-0.2, -0.15) is 0 Å². The fourth-order valence-corrected chi connectivity index (χ4v) is 5.45. The summed E-state index contributed by atoms with van der Waals surface area (Å²) in [4.78, 5) is 19.1. The van der Waals surface area contributed by atoms with Crippen molar-refractivity contribution in [2.45, 2.75) is 23.8 Å². The maximum Gasteiger partial charge on any atom is 0.263 e. The molecule has 31 heavy (non-hydrogen) atoms. The van der Waals surface area contributed by atoms with Gasteiger partial charge in [-0.25, -0.2) is 8.42 Å². The average molecular weight is 476 g/mol. The van der Waals surface area contributed by atoms with Gasteiger partial charge in [0.15, 0.2) is 0 Å². The highest BCUT2D eigenvalue weighted by atomic mass is 35.5. The number of hydrogen-bond donors (Lipinski definition) is 1. The van der Waals surface area contributed by atoms with Crippen molar-refractivity contribution in [1.29, 1.82) is 0 Å². The Morgan fingerprint density at radius 2 is 1.84 bits per heavy atom. The normalized spacial score (nSPS) is 16.3. The van der Waals surface area contributed by atoms with Gasteiger partial charge in [0.25, 0.3) is 15.9 Å². The van der Waals surface area contributed by atoms with E-state index in [0.717, 1.165) is 18.5 Å². The van der Waals surface area contributed by atoms with E-state index in [1.54, 1.807) is 30.5 Å². The van der Waals surface area contributed by atoms with Crippen molar-refractivity contribution in [3.05, 3.63) is 88.2 Å². The molecule has 1 fully saturated rings. The zero-order valence-corrected chi connectivity index (χ0v) is 18.7. The van der Waals surface area contributed by atoms with Crippen molar-refractivity contribution in [2.75, 3.05) is 11.3 Å². The van der Waals surface area contributed by atoms with E-state index in [1.165, 1.54) is 18.2 Å². The first kappa shape index (κ1) is 21.6. The monoisotopic (exact) mass is 475 g/mol. The van der Waals surface area contributed by atoms with E-state index in [-0.39, 0.29) is 26.9 Å². The van der Waals surface area contributed by atoms with Gasteiger partial charge in [-0.1, -0.05) is 29.3 Å². The molecule has 6 nitrogen and oxygen atoms in total. The molecule has 0 aliphatic carbocycles. The number of pyridine rings is 1. The van der Waals surface area contributed by atoms with E-state index < -0.39 is 10.0 Å². The number of nitrogens with one attached hydrogen (secondary N) is 1. The summed E-state index contributed by atoms with van der Waals surface area (Å²) in [7, 11) is -3.93. The predicted molar refractivity (Wildman–Crippen MR) is 121 cm³/mol. The Labute approximate surface area is 190 Å². The van der Waals surface area contributed by atoms with Gasteiger partial charge in [0.1, 0.15) is 4.90 Å². The molecule has 0 radical (unpaired) electrons. The summed E-state index contributed by atoms with van der Waals surface area (Å²) in [5.74, 6) is -0.111. The number of sulfonamides is 1. The van der Waals surface area contributed by atoms with Gasteiger partial charge in [0, 0.05) is 29.0 Å². The molecule has 1 unspecified atom stereocenters. The van der Waals surface area contributed by atoms with Crippen LogP contribution in [0.3, 0.4) is 0 Å². The van der Waals surface area contributed by atoms with E-state index in [0.29, 0.717) is 17.8 Å². The minimum atomic E-state index is -3.93. The van der Waals surface area contributed by atoms with Crippen LogP contribution >= 0.6 is 23.2 Å². The van der Waals surface area contributed by atoms with E-state index in [4.69, 9.17) is 23.2 Å². The number of halogens is 2. The van der Waals surface area contributed by atoms with E-state index in [1.807, 2.05) is 23.1 Å². The Kier molecular flexibility index (Phi) is 6.18. The van der Waals surface area contributed by atoms with Crippen molar-refractivity contribution >= 4 is 44.8 Å². The summed E-state index contributed by atoms with van der Waals surface area (Å²) in [5.41, 5.74) is 1.66. The lowest BCUT2D eigenvalue weighted by atomic mass is 10.1. The second-order valence-corrected chi connectivity index (χ2v) is 9.66. The molecular weight excluding hydrogens is 457 g/mol. The molecule has 160 valence electrons. The van der Waals surface area contributed by atoms with Crippen molar-refractivity contribution in [1.82, 2.24) is 9.88 Å². The number of carbonyl (C=O) groups excluding carboxylic acids is 1. The Bertz CT molecular complexity index is 1200. The predicted octanol–water partition coefficient (Wildman–Crippen LogP) is 5.17. The third-order valence-electron chi connectivity index (χ3n) is 5.11. The van der Waals surface area contributed by atoms with Gasteiger partial charge in [0.05, 0.1) is 16.8 Å². The molecule has 1 atom stereocenters. The van der Waals surface area contributed by atoms with E-state index in [9.17, 15) is 13.2 Å². The fraction of sp³-hybridized carbons (Fsp3) is 0.182. The van der Waals surface area contributed by atoms with E-state index >= 15 is 0 Å². The lowest BCUT2D eigenvalue weighted by Crippen LogP contribution is -2.30. The summed E-state index contributed by atoms with van der Waals surface area (Å²) in [6, 6.07) is 16.2. The summed E-state index contributed by atoms with van der Waals surface area (Å²) in [6.07, 6.45) is 3.50. The topological polar surface area (TPSA) is 79.4 Å². The zero-order valence-electron chi connectivity index (χ0n) is 16.3. The van der Waals surface area contributed by atoms with Crippen LogP contribution in [-0.2, 0) is 10.0 Å². The second kappa shape index (κ2) is 8.86. The van der Waals surface area contributed by atoms with Crippen LogP contribution in [-0.4, -0.2) is 30.8 Å². The van der Waals surface area contributed by atoms with Crippen molar-refractivity contribution in [2.24, 2.45) is 0 Å². The lowest BCUT2D eigenvalue weighted by Gasteiger charge is -2.24. The number of benzene rings is 2. The molecule has 9 heteroatoms. The number of carbonyl (C=O) groups is 1. The van der Waals surface area contributed by atoms with E-state index in [2.05, 4.69) is 9.71 Å². The van der Waals surface area contributed by atoms with Gasteiger partial charge < -0.3 is 4.90 Å². The van der Waals surface area contributed by atoms with Crippen LogP contribution in [0.25, 0.3) is 0 Å². The molecule has 2 aromatic carbocycles. The Balaban J connectivity index is 1.51. The van der Waals surface area contributed by atoms with Gasteiger partial charge in [0.2, 0.25) is 0 Å². The molecular formula is C22H19Cl2N3O3S. The molecule has 1 saturated heterocycles. The smallest absolute Gasteiger partial charge is 0.263 e. The fourth-order valence-electron chi connectivity index (χ4n) is 3.63. The highest BCUT2D eigenvalue weighted by Crippen LogP contribution is 2.32. The molecule has 1 aromatic heterocycles. The summed E-state index contributed by atoms with van der Waals surface area (Å²) < 4.78 is 27.8. The van der Waals surface area contributed by atoms with Crippen LogP contribution in [0.5, 0.6) is 0 Å². The maximum atomic E-state index is 13.1. The third kappa shape index (κ3) is 4.69. The number of likely N-dealkylation sites (tertiary alicyclic amines) is 1. The van der Waals surface area contributed by atoms with Crippen molar-refractivity contribution in [3.8, 4) is 0 Å². The Morgan fingerprint density at radius 3 is 2.55 bits per heavy atom. The molecule has 1 aliphatic rings. The molecule has 1 N–H and O–H groups in total. The zero-order chi connectivity index (χ0) is 22.0. The van der Waals surface area contributed by atoms with Crippen molar-refractivity contribution in [3.63, 3.8) is 0 Å². The second-order valence-electron chi connectivity index (χ2n) is 7.17. The highest BCUT2D eigenvalue weighted by molar-refractivity contribution is 7.92. The van der Waals surface area contributed by atoms with Crippen LogP contribution in [0, 0.1) is 0 Å². The first-order valence-electron chi connectivity index (χ1n) is 9.65. The van der Waals surface area contributed by atoms with Crippen LogP contribution in [0.4, 0.5) is 5.69 Å².